The molecule has 0 spiro atoms. The van der Waals surface area contributed by atoms with Crippen LogP contribution < -0.4 is 11.1 Å². The number of aliphatic hydroxyl groups is 1. The maximum atomic E-state index is 13.1. The fourth-order valence-electron chi connectivity index (χ4n) is 4.71. The van der Waals surface area contributed by atoms with Crippen LogP contribution in [0.4, 0.5) is 18.9 Å². The average molecular weight is 534 g/mol. The number of halogens is 3. The van der Waals surface area contributed by atoms with Crippen molar-refractivity contribution in [2.24, 2.45) is 11.7 Å². The van der Waals surface area contributed by atoms with Gasteiger partial charge in [0.05, 0.1) is 17.2 Å². The summed E-state index contributed by atoms with van der Waals surface area (Å²) in [5.41, 5.74) is 3.91. The molecule has 4 N–H and O–H groups in total. The molecule has 38 heavy (non-hydrogen) atoms. The number of carbonyl (C=O) groups excluding carboxylic acids is 2. The van der Waals surface area contributed by atoms with Gasteiger partial charge in [0.2, 0.25) is 5.91 Å². The highest BCUT2D eigenvalue weighted by atomic mass is 19.4. The molecule has 0 atom stereocenters. The molecule has 2 aromatic heterocycles. The van der Waals surface area contributed by atoms with Crippen molar-refractivity contribution in [1.82, 2.24) is 14.8 Å². The molecule has 1 fully saturated rings. The highest BCUT2D eigenvalue weighted by molar-refractivity contribution is 6.04. The number of aliphatic hydroxyl groups excluding tert-OH is 1. The number of hydrogen-bond donors (Lipinski definition) is 3. The molecule has 2 heterocycles. The van der Waals surface area contributed by atoms with Gasteiger partial charge in [-0.1, -0.05) is 6.07 Å². The number of alkyl halides is 3. The Morgan fingerprint density at radius 2 is 1.89 bits per heavy atom. The van der Waals surface area contributed by atoms with Gasteiger partial charge in [-0.25, -0.2) is 4.98 Å². The van der Waals surface area contributed by atoms with E-state index < -0.39 is 35.0 Å². The summed E-state index contributed by atoms with van der Waals surface area (Å²) >= 11 is 0. The molecule has 0 aliphatic heterocycles. The van der Waals surface area contributed by atoms with E-state index in [0.29, 0.717) is 16.5 Å². The molecule has 12 heteroatoms. The molecule has 0 radical (unpaired) electrons. The van der Waals surface area contributed by atoms with Crippen molar-refractivity contribution in [3.63, 3.8) is 0 Å². The van der Waals surface area contributed by atoms with E-state index in [9.17, 15) is 27.9 Å². The average Bonchev–Trinajstić information content (AvgIpc) is 3.30. The third kappa shape index (κ3) is 6.13. The van der Waals surface area contributed by atoms with Crippen molar-refractivity contribution in [2.45, 2.75) is 57.3 Å². The molecule has 1 aliphatic rings. The maximum absolute atomic E-state index is 13.1. The number of nitrogens with one attached hydrogen (secondary N) is 1. The first-order chi connectivity index (χ1) is 17.9. The van der Waals surface area contributed by atoms with E-state index in [0.717, 1.165) is 37.8 Å². The minimum atomic E-state index is -4.70. The van der Waals surface area contributed by atoms with Gasteiger partial charge in [0, 0.05) is 29.4 Å². The highest BCUT2D eigenvalue weighted by Gasteiger charge is 2.33. The Balaban J connectivity index is 1.70. The first-order valence-corrected chi connectivity index (χ1v) is 12.3. The van der Waals surface area contributed by atoms with Crippen LogP contribution in [0.25, 0.3) is 10.9 Å². The number of anilines is 1. The zero-order chi connectivity index (χ0) is 27.7. The lowest BCUT2D eigenvalue weighted by Crippen LogP contribution is -2.30. The maximum Gasteiger partial charge on any atom is 0.433 e. The number of ether oxygens (including phenoxy) is 1. The van der Waals surface area contributed by atoms with Gasteiger partial charge in [-0.05, 0) is 69.7 Å². The van der Waals surface area contributed by atoms with Crippen LogP contribution in [0.5, 0.6) is 0 Å². The number of nitrogens with two attached hydrogens (primary N) is 1. The van der Waals surface area contributed by atoms with Crippen molar-refractivity contribution in [1.29, 1.82) is 0 Å². The Bertz CT molecular complexity index is 1330. The number of amides is 2. The summed E-state index contributed by atoms with van der Waals surface area (Å²) in [5, 5.41) is 17.5. The number of carbonyl (C=O) groups is 2. The third-order valence-corrected chi connectivity index (χ3v) is 6.85. The zero-order valence-electron chi connectivity index (χ0n) is 21.1. The van der Waals surface area contributed by atoms with E-state index in [1.54, 1.807) is 26.0 Å². The van der Waals surface area contributed by atoms with Crippen molar-refractivity contribution in [2.75, 3.05) is 18.5 Å². The molecular formula is C26H30F3N5O4. The number of primary amides is 1. The van der Waals surface area contributed by atoms with E-state index in [-0.39, 0.29) is 30.9 Å². The Hall–Kier alpha value is -3.51. The first kappa shape index (κ1) is 27.5. The largest absolute Gasteiger partial charge is 0.433 e. The van der Waals surface area contributed by atoms with Crippen LogP contribution in [-0.2, 0) is 21.3 Å². The second-order valence-electron chi connectivity index (χ2n) is 10.0. The molecule has 2 amide bonds. The summed E-state index contributed by atoms with van der Waals surface area (Å²) in [7, 11) is 0. The lowest BCUT2D eigenvalue weighted by Gasteiger charge is -2.28. The summed E-state index contributed by atoms with van der Waals surface area (Å²) in [6, 6.07) is 6.65. The van der Waals surface area contributed by atoms with Gasteiger partial charge < -0.3 is 20.9 Å². The van der Waals surface area contributed by atoms with Crippen LogP contribution in [0.15, 0.2) is 36.5 Å². The van der Waals surface area contributed by atoms with E-state index in [2.05, 4.69) is 10.3 Å². The Morgan fingerprint density at radius 3 is 2.53 bits per heavy atom. The van der Waals surface area contributed by atoms with Gasteiger partial charge in [-0.15, -0.1) is 0 Å². The first-order valence-electron chi connectivity index (χ1n) is 12.3. The predicted molar refractivity (Wildman–Crippen MR) is 133 cm³/mol. The van der Waals surface area contributed by atoms with Crippen LogP contribution >= 0.6 is 0 Å². The van der Waals surface area contributed by atoms with Crippen LogP contribution in [0, 0.1) is 5.92 Å². The van der Waals surface area contributed by atoms with Crippen LogP contribution in [0.3, 0.4) is 0 Å². The number of fused-ring (bicyclic) bond motifs is 1. The van der Waals surface area contributed by atoms with E-state index in [1.807, 2.05) is 10.9 Å². The zero-order valence-corrected chi connectivity index (χ0v) is 21.1. The summed E-state index contributed by atoms with van der Waals surface area (Å²) in [6.07, 6.45) is 0.673. The second kappa shape index (κ2) is 10.7. The quantitative estimate of drug-likeness (QED) is 0.398. The minimum absolute atomic E-state index is 0.153. The highest BCUT2D eigenvalue weighted by Crippen LogP contribution is 2.37. The fraction of sp³-hybridized carbons (Fsp3) is 0.462. The Kier molecular flexibility index (Phi) is 7.75. The van der Waals surface area contributed by atoms with Gasteiger partial charge >= 0.3 is 6.18 Å². The number of nitrogens with zero attached hydrogens (tertiary/aromatic N) is 3. The van der Waals surface area contributed by atoms with Gasteiger partial charge in [-0.2, -0.15) is 18.3 Å². The molecule has 9 nitrogen and oxygen atoms in total. The fourth-order valence-corrected chi connectivity index (χ4v) is 4.71. The van der Waals surface area contributed by atoms with Crippen LogP contribution in [0.1, 0.15) is 67.3 Å². The summed E-state index contributed by atoms with van der Waals surface area (Å²) in [4.78, 5) is 27.8. The smallest absolute Gasteiger partial charge is 0.396 e. The normalized spacial score (nSPS) is 18.5. The van der Waals surface area contributed by atoms with E-state index >= 15 is 0 Å². The number of benzene rings is 1. The molecule has 4 rings (SSSR count). The Morgan fingerprint density at radius 1 is 1.18 bits per heavy atom. The van der Waals surface area contributed by atoms with Gasteiger partial charge in [-0.3, -0.25) is 14.3 Å². The molecule has 204 valence electrons. The molecular weight excluding hydrogens is 503 g/mol. The standard InChI is InChI=1S/C26H30F3N5O4/c1-25(2,38-14-23(30)36)18-11-20-16(12-34(33-20)17-8-6-15(13-35)7-9-17)10-21(18)32-24(37)19-4-3-5-22(31-19)26(27,28)29/h3-5,10-12,15,17,35H,6-9,13-14H2,1-2H3,(H2,30,36)(H,32,37)/t15-,17-. The van der Waals surface area contributed by atoms with Crippen LogP contribution in [-0.4, -0.2) is 44.9 Å². The van der Waals surface area contributed by atoms with Gasteiger partial charge in [0.15, 0.2) is 0 Å². The third-order valence-electron chi connectivity index (χ3n) is 6.85. The second-order valence-corrected chi connectivity index (χ2v) is 10.0. The SMILES string of the molecule is CC(C)(OCC(N)=O)c1cc2nn([C@H]3CC[C@H](CO)CC3)cc2cc1NC(=O)c1cccc(C(F)(F)F)n1. The van der Waals surface area contributed by atoms with Gasteiger partial charge in [0.25, 0.3) is 5.91 Å². The number of pyridine rings is 1. The molecule has 0 bridgehead atoms. The number of rotatable bonds is 8. The topological polar surface area (TPSA) is 132 Å². The predicted octanol–water partition coefficient (Wildman–Crippen LogP) is 4.16. The van der Waals surface area contributed by atoms with Crippen molar-refractivity contribution in [3.05, 3.63) is 53.5 Å². The van der Waals surface area contributed by atoms with Gasteiger partial charge in [0.1, 0.15) is 18.0 Å². The number of hydrogen-bond acceptors (Lipinski definition) is 6. The Labute approximate surface area is 217 Å². The monoisotopic (exact) mass is 533 g/mol. The molecule has 3 aromatic rings. The summed E-state index contributed by atoms with van der Waals surface area (Å²) in [6.45, 7) is 3.16. The lowest BCUT2D eigenvalue weighted by atomic mass is 9.87. The molecule has 0 unspecified atom stereocenters. The van der Waals surface area contributed by atoms with Crippen molar-refractivity contribution in [3.8, 4) is 0 Å². The lowest BCUT2D eigenvalue weighted by molar-refractivity contribution is -0.141. The molecule has 1 aromatic carbocycles. The van der Waals surface area contributed by atoms with E-state index in [1.165, 1.54) is 6.07 Å². The van der Waals surface area contributed by atoms with Crippen molar-refractivity contribution >= 4 is 28.4 Å². The van der Waals surface area contributed by atoms with Crippen LogP contribution in [0.2, 0.25) is 0 Å². The summed E-state index contributed by atoms with van der Waals surface area (Å²) < 4.78 is 47.0. The molecule has 1 saturated carbocycles. The molecule has 0 saturated heterocycles. The van der Waals surface area contributed by atoms with E-state index in [4.69, 9.17) is 15.6 Å². The molecule has 1 aliphatic carbocycles. The van der Waals surface area contributed by atoms with Crippen molar-refractivity contribution < 1.29 is 32.6 Å². The minimum Gasteiger partial charge on any atom is -0.396 e. The summed E-state index contributed by atoms with van der Waals surface area (Å²) in [5.74, 6) is -1.23. The number of aromatic nitrogens is 3.